The van der Waals surface area contributed by atoms with Gasteiger partial charge in [-0.05, 0) is 25.0 Å². The number of nitrogens with two attached hydrogens (primary N) is 1. The second-order valence-corrected chi connectivity index (χ2v) is 5.16. The molecule has 0 aliphatic rings. The molecule has 2 aromatic heterocycles. The average molecular weight is 301 g/mol. The number of benzene rings is 1. The number of hydrogen-bond donors (Lipinski definition) is 2. The second-order valence-electron chi connectivity index (χ2n) is 5.16. The predicted octanol–water partition coefficient (Wildman–Crippen LogP) is 1.97. The molecule has 0 aliphatic heterocycles. The Morgan fingerprint density at radius 3 is 2.82 bits per heavy atom. The van der Waals surface area contributed by atoms with Crippen LogP contribution in [-0.4, -0.2) is 19.7 Å². The number of hydrogen-bond acceptors (Lipinski definition) is 4. The summed E-state index contributed by atoms with van der Waals surface area (Å²) in [5, 5.41) is 6.51. The van der Waals surface area contributed by atoms with Crippen LogP contribution in [0.4, 0.5) is 4.39 Å². The zero-order valence-corrected chi connectivity index (χ0v) is 12.3. The minimum Gasteiger partial charge on any atom is -0.321 e. The zero-order valence-electron chi connectivity index (χ0n) is 12.3. The highest BCUT2D eigenvalue weighted by atomic mass is 19.1. The van der Waals surface area contributed by atoms with Crippen LogP contribution >= 0.6 is 0 Å². The van der Waals surface area contributed by atoms with Crippen molar-refractivity contribution >= 4 is 10.9 Å². The van der Waals surface area contributed by atoms with E-state index in [4.69, 9.17) is 5.73 Å². The number of aromatic amines is 1. The van der Waals surface area contributed by atoms with Gasteiger partial charge < -0.3 is 5.73 Å². The van der Waals surface area contributed by atoms with Crippen LogP contribution in [0.25, 0.3) is 16.7 Å². The number of aryl methyl sites for hydroxylation is 1. The Labute approximate surface area is 125 Å². The van der Waals surface area contributed by atoms with Gasteiger partial charge in [-0.15, -0.1) is 0 Å². The highest BCUT2D eigenvalue weighted by molar-refractivity contribution is 5.81. The molecule has 7 heteroatoms. The number of nitrogens with zero attached hydrogens (tertiary/aromatic N) is 3. The third-order valence-electron chi connectivity index (χ3n) is 3.70. The van der Waals surface area contributed by atoms with Crippen molar-refractivity contribution in [1.29, 1.82) is 0 Å². The summed E-state index contributed by atoms with van der Waals surface area (Å²) in [6.45, 7) is 3.69. The predicted molar refractivity (Wildman–Crippen MR) is 81.4 cm³/mol. The van der Waals surface area contributed by atoms with Gasteiger partial charge in [0, 0.05) is 6.07 Å². The lowest BCUT2D eigenvalue weighted by Crippen LogP contribution is -2.29. The molecule has 0 spiro atoms. The smallest absolute Gasteiger partial charge is 0.270 e. The lowest BCUT2D eigenvalue weighted by molar-refractivity contribution is 0.610. The molecule has 114 valence electrons. The number of nitrogens with one attached hydrogen (secondary N) is 1. The van der Waals surface area contributed by atoms with Crippen LogP contribution < -0.4 is 11.3 Å². The van der Waals surface area contributed by atoms with E-state index in [1.807, 2.05) is 6.92 Å². The zero-order chi connectivity index (χ0) is 15.9. The van der Waals surface area contributed by atoms with E-state index in [2.05, 4.69) is 15.2 Å². The van der Waals surface area contributed by atoms with E-state index in [0.717, 1.165) is 5.56 Å². The Morgan fingerprint density at radius 1 is 1.41 bits per heavy atom. The molecule has 3 aromatic rings. The number of rotatable bonds is 3. The maximum Gasteiger partial charge on any atom is 0.270 e. The first-order valence-corrected chi connectivity index (χ1v) is 7.01. The summed E-state index contributed by atoms with van der Waals surface area (Å²) >= 11 is 0. The maximum absolute atomic E-state index is 14.2. The summed E-state index contributed by atoms with van der Waals surface area (Å²) < 4.78 is 15.5. The maximum atomic E-state index is 14.2. The summed E-state index contributed by atoms with van der Waals surface area (Å²) in [5.41, 5.74) is 6.69. The van der Waals surface area contributed by atoms with Gasteiger partial charge in [-0.3, -0.25) is 9.89 Å². The third-order valence-corrected chi connectivity index (χ3v) is 3.70. The number of aromatic nitrogens is 4. The molecule has 0 bridgehead atoms. The van der Waals surface area contributed by atoms with Crippen LogP contribution in [0.1, 0.15) is 30.8 Å². The number of H-pyrrole nitrogens is 1. The van der Waals surface area contributed by atoms with Crippen molar-refractivity contribution in [2.24, 2.45) is 5.73 Å². The van der Waals surface area contributed by atoms with Gasteiger partial charge in [0.2, 0.25) is 0 Å². The Hall–Kier alpha value is -2.54. The quantitative estimate of drug-likeness (QED) is 0.774. The fourth-order valence-electron chi connectivity index (χ4n) is 2.44. The standard InChI is InChI=1S/C15H16FN5O/c1-3-10(17)14-19-13-8(2)4-5-9(16)12(13)15(22)21(14)11-6-7-18-20-11/h4-7,10H,3,17H2,1-2H3,(H,18,20). The fraction of sp³-hybridized carbons (Fsp3) is 0.267. The van der Waals surface area contributed by atoms with E-state index in [9.17, 15) is 9.18 Å². The van der Waals surface area contributed by atoms with Gasteiger partial charge in [-0.2, -0.15) is 5.10 Å². The Kier molecular flexibility index (Phi) is 3.50. The summed E-state index contributed by atoms with van der Waals surface area (Å²) in [4.78, 5) is 17.3. The van der Waals surface area contributed by atoms with E-state index < -0.39 is 17.4 Å². The van der Waals surface area contributed by atoms with Gasteiger partial charge in [0.1, 0.15) is 22.8 Å². The normalized spacial score (nSPS) is 12.7. The van der Waals surface area contributed by atoms with Crippen molar-refractivity contribution in [2.75, 3.05) is 0 Å². The lowest BCUT2D eigenvalue weighted by Gasteiger charge is -2.17. The molecule has 22 heavy (non-hydrogen) atoms. The number of fused-ring (bicyclic) bond motifs is 1. The van der Waals surface area contributed by atoms with Crippen LogP contribution in [0.15, 0.2) is 29.2 Å². The third kappa shape index (κ3) is 2.10. The summed E-state index contributed by atoms with van der Waals surface area (Å²) in [5.74, 6) is 0.208. The molecular formula is C15H16FN5O. The molecule has 1 atom stereocenters. The molecule has 1 aromatic carbocycles. The number of halogens is 1. The molecule has 0 saturated heterocycles. The first-order valence-electron chi connectivity index (χ1n) is 7.01. The molecule has 3 N–H and O–H groups in total. The second kappa shape index (κ2) is 5.34. The minimum atomic E-state index is -0.594. The Bertz CT molecular complexity index is 885. The van der Waals surface area contributed by atoms with Crippen molar-refractivity contribution in [3.63, 3.8) is 0 Å². The first-order chi connectivity index (χ1) is 10.5. The van der Waals surface area contributed by atoms with Gasteiger partial charge in [-0.1, -0.05) is 13.0 Å². The van der Waals surface area contributed by atoms with Gasteiger partial charge in [-0.25, -0.2) is 13.9 Å². The fourth-order valence-corrected chi connectivity index (χ4v) is 2.44. The summed E-state index contributed by atoms with van der Waals surface area (Å²) in [6, 6.07) is 4.06. The van der Waals surface area contributed by atoms with Gasteiger partial charge in [0.15, 0.2) is 0 Å². The van der Waals surface area contributed by atoms with Crippen LogP contribution in [0, 0.1) is 12.7 Å². The van der Waals surface area contributed by atoms with Crippen molar-refractivity contribution in [2.45, 2.75) is 26.3 Å². The lowest BCUT2D eigenvalue weighted by atomic mass is 10.1. The van der Waals surface area contributed by atoms with E-state index in [1.165, 1.54) is 16.8 Å². The Morgan fingerprint density at radius 2 is 2.18 bits per heavy atom. The Balaban J connectivity index is 2.49. The molecule has 0 fully saturated rings. The van der Waals surface area contributed by atoms with E-state index in [1.54, 1.807) is 19.1 Å². The van der Waals surface area contributed by atoms with Gasteiger partial charge in [0.25, 0.3) is 5.56 Å². The van der Waals surface area contributed by atoms with Crippen LogP contribution in [-0.2, 0) is 0 Å². The molecule has 0 amide bonds. The average Bonchev–Trinajstić information content (AvgIpc) is 3.03. The first kappa shape index (κ1) is 14.4. The molecule has 1 unspecified atom stereocenters. The van der Waals surface area contributed by atoms with Crippen molar-refractivity contribution < 1.29 is 4.39 Å². The monoisotopic (exact) mass is 301 g/mol. The molecule has 0 radical (unpaired) electrons. The molecule has 0 aliphatic carbocycles. The largest absolute Gasteiger partial charge is 0.321 e. The molecular weight excluding hydrogens is 285 g/mol. The minimum absolute atomic E-state index is 0.0401. The van der Waals surface area contributed by atoms with Crippen LogP contribution in [0.3, 0.4) is 0 Å². The van der Waals surface area contributed by atoms with Gasteiger partial charge >= 0.3 is 0 Å². The van der Waals surface area contributed by atoms with Crippen molar-refractivity contribution in [3.05, 3.63) is 52.0 Å². The molecule has 3 rings (SSSR count). The van der Waals surface area contributed by atoms with Crippen LogP contribution in [0.5, 0.6) is 0 Å². The topological polar surface area (TPSA) is 89.6 Å². The van der Waals surface area contributed by atoms with E-state index in [-0.39, 0.29) is 5.39 Å². The molecule has 0 saturated carbocycles. The van der Waals surface area contributed by atoms with Crippen molar-refractivity contribution in [1.82, 2.24) is 19.7 Å². The van der Waals surface area contributed by atoms with E-state index in [0.29, 0.717) is 23.6 Å². The SMILES string of the molecule is CCC(N)c1nc2c(C)ccc(F)c2c(=O)n1-c1ccn[nH]1. The summed E-state index contributed by atoms with van der Waals surface area (Å²) in [6.07, 6.45) is 2.11. The molecule has 6 nitrogen and oxygen atoms in total. The highest BCUT2D eigenvalue weighted by Gasteiger charge is 2.20. The highest BCUT2D eigenvalue weighted by Crippen LogP contribution is 2.21. The van der Waals surface area contributed by atoms with Gasteiger partial charge in [0.05, 0.1) is 17.8 Å². The van der Waals surface area contributed by atoms with Crippen molar-refractivity contribution in [3.8, 4) is 5.82 Å². The molecule has 2 heterocycles. The van der Waals surface area contributed by atoms with E-state index >= 15 is 0 Å². The summed E-state index contributed by atoms with van der Waals surface area (Å²) in [7, 11) is 0. The van der Waals surface area contributed by atoms with Crippen LogP contribution in [0.2, 0.25) is 0 Å².